The summed E-state index contributed by atoms with van der Waals surface area (Å²) in [5.41, 5.74) is 3.43. The molecule has 29 heavy (non-hydrogen) atoms. The van der Waals surface area contributed by atoms with Gasteiger partial charge in [-0.05, 0) is 55.7 Å². The fourth-order valence-corrected chi connectivity index (χ4v) is 3.13. The number of nitrogens with zero attached hydrogens (tertiary/aromatic N) is 4. The first-order valence-corrected chi connectivity index (χ1v) is 9.63. The van der Waals surface area contributed by atoms with Crippen molar-refractivity contribution in [3.05, 3.63) is 59.8 Å². The van der Waals surface area contributed by atoms with E-state index in [1.807, 2.05) is 24.3 Å². The van der Waals surface area contributed by atoms with Crippen LogP contribution in [-0.4, -0.2) is 42.5 Å². The second-order valence-electron chi connectivity index (χ2n) is 6.59. The molecule has 0 aliphatic carbocycles. The fraction of sp³-hybridized carbons (Fsp3) is 0.318. The van der Waals surface area contributed by atoms with Crippen LogP contribution in [0.4, 0.5) is 17.5 Å². The Kier molecular flexibility index (Phi) is 6.84. The number of aryl methyl sites for hydroxylation is 1. The Morgan fingerprint density at radius 1 is 1.03 bits per heavy atom. The number of benzene rings is 2. The van der Waals surface area contributed by atoms with Gasteiger partial charge in [-0.3, -0.25) is 0 Å². The van der Waals surface area contributed by atoms with E-state index in [9.17, 15) is 0 Å². The van der Waals surface area contributed by atoms with Gasteiger partial charge in [0.2, 0.25) is 5.95 Å². The maximum absolute atomic E-state index is 5.36. The summed E-state index contributed by atoms with van der Waals surface area (Å²) in [7, 11) is 3.27. The summed E-state index contributed by atoms with van der Waals surface area (Å²) >= 11 is 0. The summed E-state index contributed by atoms with van der Waals surface area (Å²) in [6, 6.07) is 14.2. The molecular weight excluding hydrogens is 366 g/mol. The van der Waals surface area contributed by atoms with Crippen LogP contribution in [0.2, 0.25) is 0 Å². The molecule has 3 aromatic rings. The summed E-state index contributed by atoms with van der Waals surface area (Å²) in [6.07, 6.45) is 2.48. The Morgan fingerprint density at radius 3 is 2.59 bits per heavy atom. The normalized spacial score (nSPS) is 10.5. The molecule has 0 aliphatic heterocycles. The van der Waals surface area contributed by atoms with Crippen molar-refractivity contribution >= 4 is 17.5 Å². The van der Waals surface area contributed by atoms with Crippen LogP contribution in [0, 0.1) is 6.92 Å². The van der Waals surface area contributed by atoms with Gasteiger partial charge in [-0.25, -0.2) is 0 Å². The maximum Gasteiger partial charge on any atom is 0.244 e. The zero-order chi connectivity index (χ0) is 20.6. The summed E-state index contributed by atoms with van der Waals surface area (Å²) < 4.78 is 10.6. The molecule has 152 valence electrons. The van der Waals surface area contributed by atoms with Gasteiger partial charge >= 0.3 is 0 Å². The standard InChI is InChI=1S/C22H27N5O2/c1-5-27(18-8-6-7-16(2)13-18)21-15-24-26-22(25-21)23-12-11-17-9-10-19(28-3)20(14-17)29-4/h6-10,13-15H,5,11-12H2,1-4H3,(H,23,25,26). The molecule has 0 bridgehead atoms. The van der Waals surface area contributed by atoms with Gasteiger partial charge in [-0.2, -0.15) is 10.1 Å². The molecule has 1 aromatic heterocycles. The highest BCUT2D eigenvalue weighted by molar-refractivity contribution is 5.60. The second-order valence-corrected chi connectivity index (χ2v) is 6.59. The first-order chi connectivity index (χ1) is 14.1. The largest absolute Gasteiger partial charge is 0.493 e. The number of rotatable bonds is 9. The lowest BCUT2D eigenvalue weighted by molar-refractivity contribution is 0.354. The third kappa shape index (κ3) is 5.13. The Morgan fingerprint density at radius 2 is 1.86 bits per heavy atom. The molecule has 7 nitrogen and oxygen atoms in total. The van der Waals surface area contributed by atoms with Crippen LogP contribution in [-0.2, 0) is 6.42 Å². The van der Waals surface area contributed by atoms with Gasteiger partial charge in [-0.15, -0.1) is 5.10 Å². The van der Waals surface area contributed by atoms with Gasteiger partial charge < -0.3 is 19.7 Å². The monoisotopic (exact) mass is 393 g/mol. The molecule has 0 aliphatic rings. The number of aromatic nitrogens is 3. The highest BCUT2D eigenvalue weighted by atomic mass is 16.5. The van der Waals surface area contributed by atoms with E-state index in [4.69, 9.17) is 9.47 Å². The lowest BCUT2D eigenvalue weighted by Crippen LogP contribution is -2.19. The average Bonchev–Trinajstić information content (AvgIpc) is 2.74. The quantitative estimate of drug-likeness (QED) is 0.589. The smallest absolute Gasteiger partial charge is 0.244 e. The molecular formula is C22H27N5O2. The Labute approximate surface area is 171 Å². The van der Waals surface area contributed by atoms with E-state index in [1.54, 1.807) is 20.4 Å². The fourth-order valence-electron chi connectivity index (χ4n) is 3.13. The van der Waals surface area contributed by atoms with Gasteiger partial charge in [0.25, 0.3) is 0 Å². The topological polar surface area (TPSA) is 72.4 Å². The molecule has 0 fully saturated rings. The molecule has 0 amide bonds. The van der Waals surface area contributed by atoms with E-state index in [2.05, 4.69) is 57.4 Å². The summed E-state index contributed by atoms with van der Waals surface area (Å²) in [5, 5.41) is 11.5. The number of methoxy groups -OCH3 is 2. The molecule has 3 rings (SSSR count). The van der Waals surface area contributed by atoms with Crippen molar-refractivity contribution in [3.63, 3.8) is 0 Å². The predicted octanol–water partition coefficient (Wildman–Crippen LogP) is 4.01. The minimum absolute atomic E-state index is 0.508. The van der Waals surface area contributed by atoms with Crippen molar-refractivity contribution in [3.8, 4) is 11.5 Å². The van der Waals surface area contributed by atoms with E-state index in [-0.39, 0.29) is 0 Å². The molecule has 0 atom stereocenters. The average molecular weight is 393 g/mol. The van der Waals surface area contributed by atoms with E-state index < -0.39 is 0 Å². The highest BCUT2D eigenvalue weighted by Gasteiger charge is 2.11. The molecule has 7 heteroatoms. The zero-order valence-corrected chi connectivity index (χ0v) is 17.3. The molecule has 0 saturated heterocycles. The molecule has 0 saturated carbocycles. The number of ether oxygens (including phenoxy) is 2. The van der Waals surface area contributed by atoms with Crippen LogP contribution in [0.15, 0.2) is 48.7 Å². The lowest BCUT2D eigenvalue weighted by atomic mass is 10.1. The van der Waals surface area contributed by atoms with Crippen molar-refractivity contribution in [2.75, 3.05) is 37.5 Å². The van der Waals surface area contributed by atoms with Gasteiger partial charge in [0.1, 0.15) is 0 Å². The molecule has 1 N–H and O–H groups in total. The number of anilines is 3. The Hall–Kier alpha value is -3.35. The van der Waals surface area contributed by atoms with Crippen molar-refractivity contribution < 1.29 is 9.47 Å². The van der Waals surface area contributed by atoms with Gasteiger partial charge in [0.15, 0.2) is 17.3 Å². The maximum atomic E-state index is 5.36. The summed E-state index contributed by atoms with van der Waals surface area (Å²) in [4.78, 5) is 6.75. The van der Waals surface area contributed by atoms with Crippen molar-refractivity contribution in [2.45, 2.75) is 20.3 Å². The third-order valence-corrected chi connectivity index (χ3v) is 4.60. The van der Waals surface area contributed by atoms with Gasteiger partial charge in [-0.1, -0.05) is 18.2 Å². The van der Waals surface area contributed by atoms with Crippen molar-refractivity contribution in [1.82, 2.24) is 15.2 Å². The lowest BCUT2D eigenvalue weighted by Gasteiger charge is -2.22. The zero-order valence-electron chi connectivity index (χ0n) is 17.3. The predicted molar refractivity (Wildman–Crippen MR) is 115 cm³/mol. The number of hydrogen-bond donors (Lipinski definition) is 1. The van der Waals surface area contributed by atoms with E-state index >= 15 is 0 Å². The highest BCUT2D eigenvalue weighted by Crippen LogP contribution is 2.28. The van der Waals surface area contributed by atoms with Gasteiger partial charge in [0.05, 0.1) is 20.4 Å². The molecule has 2 aromatic carbocycles. The van der Waals surface area contributed by atoms with Crippen LogP contribution in [0.5, 0.6) is 11.5 Å². The molecule has 0 unspecified atom stereocenters. The van der Waals surface area contributed by atoms with E-state index in [1.165, 1.54) is 5.56 Å². The summed E-state index contributed by atoms with van der Waals surface area (Å²) in [5.74, 6) is 2.72. The van der Waals surface area contributed by atoms with Crippen LogP contribution in [0.3, 0.4) is 0 Å². The van der Waals surface area contributed by atoms with Crippen LogP contribution in [0.1, 0.15) is 18.1 Å². The number of nitrogens with one attached hydrogen (secondary N) is 1. The van der Waals surface area contributed by atoms with Crippen LogP contribution >= 0.6 is 0 Å². The molecule has 0 spiro atoms. The van der Waals surface area contributed by atoms with E-state index in [0.717, 1.165) is 41.5 Å². The van der Waals surface area contributed by atoms with Crippen LogP contribution < -0.4 is 19.7 Å². The molecule has 0 radical (unpaired) electrons. The minimum atomic E-state index is 0.508. The van der Waals surface area contributed by atoms with Crippen LogP contribution in [0.25, 0.3) is 0 Å². The van der Waals surface area contributed by atoms with Crippen molar-refractivity contribution in [1.29, 1.82) is 0 Å². The Bertz CT molecular complexity index is 948. The minimum Gasteiger partial charge on any atom is -0.493 e. The van der Waals surface area contributed by atoms with E-state index in [0.29, 0.717) is 12.5 Å². The van der Waals surface area contributed by atoms with Gasteiger partial charge in [0, 0.05) is 18.8 Å². The van der Waals surface area contributed by atoms with Crippen molar-refractivity contribution in [2.24, 2.45) is 0 Å². The SMILES string of the molecule is CCN(c1cccc(C)c1)c1cnnc(NCCc2ccc(OC)c(OC)c2)n1. The Balaban J connectivity index is 1.67. The first-order valence-electron chi connectivity index (χ1n) is 9.63. The number of hydrogen-bond acceptors (Lipinski definition) is 7. The molecule has 1 heterocycles. The third-order valence-electron chi connectivity index (χ3n) is 4.60. The summed E-state index contributed by atoms with van der Waals surface area (Å²) in [6.45, 7) is 5.63. The second kappa shape index (κ2) is 9.73. The first kappa shape index (κ1) is 20.4.